The first-order valence-corrected chi connectivity index (χ1v) is 21.7. The highest BCUT2D eigenvalue weighted by atomic mass is 32.2. The largest absolute Gasteiger partial charge is 0.491 e. The summed E-state index contributed by atoms with van der Waals surface area (Å²) in [6.45, 7) is 6.75. The second kappa shape index (κ2) is 16.6. The van der Waals surface area contributed by atoms with Gasteiger partial charge in [-0.15, -0.1) is 0 Å². The van der Waals surface area contributed by atoms with Gasteiger partial charge in [0.2, 0.25) is 27.7 Å². The summed E-state index contributed by atoms with van der Waals surface area (Å²) >= 11 is 0. The van der Waals surface area contributed by atoms with Crippen molar-refractivity contribution in [2.75, 3.05) is 19.8 Å². The molecule has 6 rings (SSSR count). The molecule has 2 aromatic rings. The van der Waals surface area contributed by atoms with E-state index in [2.05, 4.69) is 15.6 Å². The van der Waals surface area contributed by atoms with Crippen LogP contribution in [0.3, 0.4) is 0 Å². The zero-order chi connectivity index (χ0) is 44.0. The lowest BCUT2D eigenvalue weighted by atomic mass is 9.88. The molecule has 3 fully saturated rings. The molecule has 0 spiro atoms. The molecule has 1 aromatic heterocycles. The van der Waals surface area contributed by atoms with Crippen LogP contribution in [0.5, 0.6) is 11.6 Å². The third kappa shape index (κ3) is 9.00. The van der Waals surface area contributed by atoms with Gasteiger partial charge >= 0.3 is 6.09 Å². The Kier molecular flexibility index (Phi) is 12.4. The van der Waals surface area contributed by atoms with Gasteiger partial charge in [0.1, 0.15) is 35.1 Å². The number of benzene rings is 1. The second-order valence-corrected chi connectivity index (χ2v) is 19.4. The molecule has 3 heterocycles. The normalized spacial score (nSPS) is 28.9. The lowest BCUT2D eigenvalue weighted by Crippen LogP contribution is -2.60. The summed E-state index contributed by atoms with van der Waals surface area (Å²) < 4.78 is 101. The highest BCUT2D eigenvalue weighted by Gasteiger charge is 2.64. The van der Waals surface area contributed by atoms with Crippen molar-refractivity contribution < 1.29 is 59.4 Å². The fourth-order valence-corrected chi connectivity index (χ4v) is 9.32. The summed E-state index contributed by atoms with van der Waals surface area (Å²) in [5.74, 6) is -8.13. The number of fused-ring (bicyclic) bond motifs is 3. The lowest BCUT2D eigenvalue weighted by molar-refractivity contribution is -0.152. The molecule has 0 bridgehead atoms. The van der Waals surface area contributed by atoms with Gasteiger partial charge in [-0.25, -0.2) is 35.8 Å². The highest BCUT2D eigenvalue weighted by molar-refractivity contribution is 7.91. The maximum absolute atomic E-state index is 15.1. The lowest BCUT2D eigenvalue weighted by Gasteiger charge is -2.35. The van der Waals surface area contributed by atoms with E-state index in [1.54, 1.807) is 26.0 Å². The van der Waals surface area contributed by atoms with E-state index in [0.717, 1.165) is 18.7 Å². The molecule has 3 N–H and O–H groups in total. The topological polar surface area (TPSA) is 182 Å². The number of carbonyl (C=O) groups excluding carboxylic acids is 4. The Bertz CT molecular complexity index is 2150. The third-order valence-electron chi connectivity index (χ3n) is 12.3. The molecule has 14 nitrogen and oxygen atoms in total. The average Bonchev–Trinajstić information content (AvgIpc) is 4.06. The number of allylic oxidation sites excluding steroid dienone is 1. The van der Waals surface area contributed by atoms with Gasteiger partial charge in [-0.2, -0.15) is 0 Å². The van der Waals surface area contributed by atoms with Crippen LogP contribution < -0.4 is 24.8 Å². The van der Waals surface area contributed by atoms with E-state index in [0.29, 0.717) is 31.6 Å². The van der Waals surface area contributed by atoms with E-state index in [1.807, 2.05) is 17.7 Å². The van der Waals surface area contributed by atoms with E-state index in [4.69, 9.17) is 14.2 Å². The number of aromatic nitrogens is 1. The number of ether oxygens (including phenoxy) is 3. The number of alkyl carbamates (subject to hydrolysis) is 1. The Hall–Kier alpha value is -4.68. The van der Waals surface area contributed by atoms with Gasteiger partial charge in [0.05, 0.1) is 13.2 Å². The summed E-state index contributed by atoms with van der Waals surface area (Å²) in [7, 11) is -4.47. The van der Waals surface area contributed by atoms with Crippen molar-refractivity contribution in [1.29, 1.82) is 0 Å². The van der Waals surface area contributed by atoms with Gasteiger partial charge in [0, 0.05) is 30.8 Å². The molecule has 2 aliphatic carbocycles. The van der Waals surface area contributed by atoms with Crippen molar-refractivity contribution in [3.05, 3.63) is 42.4 Å². The number of nitrogens with one attached hydrogen (secondary N) is 3. The highest BCUT2D eigenvalue weighted by Crippen LogP contribution is 2.48. The number of hydrogen-bond donors (Lipinski definition) is 3. The number of carbonyl (C=O) groups is 4. The molecule has 4 aliphatic rings. The predicted octanol–water partition coefficient (Wildman–Crippen LogP) is 5.48. The van der Waals surface area contributed by atoms with Crippen molar-refractivity contribution >= 4 is 44.6 Å². The van der Waals surface area contributed by atoms with Gasteiger partial charge < -0.3 is 29.7 Å². The molecule has 2 aliphatic heterocycles. The third-order valence-corrected chi connectivity index (χ3v) is 14.4. The smallest absolute Gasteiger partial charge is 0.408 e. The Balaban J connectivity index is 1.36. The molecule has 1 aromatic carbocycles. The molecule has 0 radical (unpaired) electrons. The van der Waals surface area contributed by atoms with Crippen molar-refractivity contribution in [1.82, 2.24) is 25.2 Å². The molecular formula is C41H53F4N5O9S. The van der Waals surface area contributed by atoms with Gasteiger partial charge in [-0.3, -0.25) is 19.1 Å². The fraction of sp³-hybridized carbons (Fsp3) is 0.634. The standard InChI is InChI=1S/C41H53F4N5O9S/c1-7-57-31-17-25-12-15-46-34(28(25)19-29(31)43)58-27-18-30-33(51)48-41(36(53)49-60(55,56)40(22-42)13-14-40)20-26(41)11-9-8-10-23(2)16-24(3)32(35(52)50(30)21-27)47-37(54)59-38(4,5)39(6,44)45/h9,11-12,15,17,19,23-24,26-27,30,32H,7-8,10,13-14,16,18,20-22H2,1-6H3,(H,47,54)(H,48,51)(H,49,53)/b11-9-/t23-,24+,26+,27+,30-,32-,41+/m0/s1. The van der Waals surface area contributed by atoms with Crippen molar-refractivity contribution in [2.24, 2.45) is 17.8 Å². The maximum atomic E-state index is 15.1. The Morgan fingerprint density at radius 2 is 1.83 bits per heavy atom. The SMILES string of the molecule is CCOc1cc2ccnc(O[C@@H]3C[C@H]4C(=O)N[C@]5(C(=O)NS(=O)(=O)C6(CF)CC6)C[C@H]5/C=C\CC[C@H](C)C[C@@H](C)[C@H](NC(=O)OC(C)(C)C(C)(F)F)C(=O)N4C3)c2cc1F. The van der Waals surface area contributed by atoms with Crippen LogP contribution in [0, 0.1) is 23.6 Å². The van der Waals surface area contributed by atoms with Gasteiger partial charge in [0.25, 0.3) is 11.8 Å². The Morgan fingerprint density at radius 1 is 1.12 bits per heavy atom. The molecule has 2 saturated carbocycles. The predicted molar refractivity (Wildman–Crippen MR) is 211 cm³/mol. The van der Waals surface area contributed by atoms with Crippen LogP contribution in [0.1, 0.15) is 86.5 Å². The van der Waals surface area contributed by atoms with E-state index in [1.165, 1.54) is 18.3 Å². The Morgan fingerprint density at radius 3 is 2.48 bits per heavy atom. The number of halogens is 4. The zero-order valence-electron chi connectivity index (χ0n) is 34.5. The first-order valence-electron chi connectivity index (χ1n) is 20.2. The summed E-state index contributed by atoms with van der Waals surface area (Å²) in [5.41, 5.74) is -4.04. The number of sulfonamides is 1. The van der Waals surface area contributed by atoms with Crippen LogP contribution in [0.4, 0.5) is 22.4 Å². The fourth-order valence-electron chi connectivity index (χ4n) is 7.89. The van der Waals surface area contributed by atoms with Crippen LogP contribution in [0.15, 0.2) is 36.5 Å². The Labute approximate surface area is 346 Å². The van der Waals surface area contributed by atoms with Crippen LogP contribution in [-0.2, 0) is 29.1 Å². The summed E-state index contributed by atoms with van der Waals surface area (Å²) in [5, 5.41) is 6.00. The minimum atomic E-state index is -4.47. The molecule has 19 heteroatoms. The number of nitrogens with zero attached hydrogens (tertiary/aromatic N) is 2. The zero-order valence-corrected chi connectivity index (χ0v) is 35.3. The van der Waals surface area contributed by atoms with Crippen LogP contribution >= 0.6 is 0 Å². The van der Waals surface area contributed by atoms with Crippen LogP contribution in [-0.4, -0.2) is 102 Å². The van der Waals surface area contributed by atoms with E-state index in [9.17, 15) is 40.8 Å². The van der Waals surface area contributed by atoms with E-state index in [-0.39, 0.29) is 61.8 Å². The molecular weight excluding hydrogens is 815 g/mol. The maximum Gasteiger partial charge on any atom is 0.408 e. The van der Waals surface area contributed by atoms with Crippen molar-refractivity contribution in [3.8, 4) is 11.6 Å². The second-order valence-electron chi connectivity index (χ2n) is 17.3. The number of amides is 4. The molecule has 4 amide bonds. The monoisotopic (exact) mass is 867 g/mol. The van der Waals surface area contributed by atoms with Crippen LogP contribution in [0.25, 0.3) is 10.8 Å². The quantitative estimate of drug-likeness (QED) is 0.193. The number of rotatable bonds is 11. The van der Waals surface area contributed by atoms with E-state index >= 15 is 4.39 Å². The van der Waals surface area contributed by atoms with Crippen molar-refractivity contribution in [3.63, 3.8) is 0 Å². The van der Waals surface area contributed by atoms with Crippen LogP contribution in [0.2, 0.25) is 0 Å². The summed E-state index contributed by atoms with van der Waals surface area (Å²) in [6, 6.07) is 1.50. The molecule has 1 saturated heterocycles. The number of alkyl halides is 3. The molecule has 0 unspecified atom stereocenters. The number of pyridine rings is 1. The summed E-state index contributed by atoms with van der Waals surface area (Å²) in [4.78, 5) is 62.0. The van der Waals surface area contributed by atoms with Gasteiger partial charge in [-0.05, 0) is 94.7 Å². The molecule has 60 heavy (non-hydrogen) atoms. The first kappa shape index (κ1) is 44.9. The van der Waals surface area contributed by atoms with Gasteiger partial charge in [-0.1, -0.05) is 26.0 Å². The average molecular weight is 868 g/mol. The minimum absolute atomic E-state index is 0.00942. The summed E-state index contributed by atoms with van der Waals surface area (Å²) in [6.07, 6.45) is 4.05. The van der Waals surface area contributed by atoms with Gasteiger partial charge in [0.15, 0.2) is 17.2 Å². The molecule has 330 valence electrons. The first-order chi connectivity index (χ1) is 28.1. The minimum Gasteiger partial charge on any atom is -0.491 e. The van der Waals surface area contributed by atoms with E-state index < -0.39 is 98.2 Å². The molecule has 7 atom stereocenters. The number of hydrogen-bond acceptors (Lipinski definition) is 10. The van der Waals surface area contributed by atoms with Crippen molar-refractivity contribution in [2.45, 2.75) is 126 Å².